The van der Waals surface area contributed by atoms with Gasteiger partial charge in [-0.1, -0.05) is 54.1 Å². The van der Waals surface area contributed by atoms with E-state index in [1.165, 1.54) is 12.1 Å². The highest BCUT2D eigenvalue weighted by atomic mass is 35.5. The minimum Gasteiger partial charge on any atom is -0.492 e. The summed E-state index contributed by atoms with van der Waals surface area (Å²) in [6, 6.07) is 23.0. The molecule has 1 amide bonds. The standard InChI is InChI=1S/C27H28ClFN2O2/c28-23-11-9-20(10-12-23)26(22-5-4-6-24(29)19-22)31(27(32)21-13-15-30-16-14-21)17-18-33-25-7-2-1-3-8-25/h1-12,19,21,26,30H,13-18H2/t26-/m0/s1. The minimum absolute atomic E-state index is 0.0670. The van der Waals surface area contributed by atoms with Gasteiger partial charge in [-0.15, -0.1) is 0 Å². The molecule has 0 spiro atoms. The molecule has 1 heterocycles. The van der Waals surface area contributed by atoms with E-state index in [1.54, 1.807) is 18.2 Å². The molecule has 1 atom stereocenters. The number of hydrogen-bond acceptors (Lipinski definition) is 3. The van der Waals surface area contributed by atoms with Gasteiger partial charge in [0.25, 0.3) is 0 Å². The third kappa shape index (κ3) is 6.12. The minimum atomic E-state index is -0.445. The van der Waals surface area contributed by atoms with E-state index in [-0.39, 0.29) is 17.6 Å². The smallest absolute Gasteiger partial charge is 0.226 e. The molecule has 1 aliphatic heterocycles. The number of nitrogens with one attached hydrogen (secondary N) is 1. The zero-order valence-corrected chi connectivity index (χ0v) is 19.2. The summed E-state index contributed by atoms with van der Waals surface area (Å²) in [6.45, 7) is 2.34. The molecule has 0 radical (unpaired) electrons. The van der Waals surface area contributed by atoms with Gasteiger partial charge in [0.1, 0.15) is 18.2 Å². The van der Waals surface area contributed by atoms with Crippen LogP contribution in [-0.4, -0.2) is 37.0 Å². The van der Waals surface area contributed by atoms with E-state index in [1.807, 2.05) is 53.4 Å². The highest BCUT2D eigenvalue weighted by Crippen LogP contribution is 2.32. The van der Waals surface area contributed by atoms with Gasteiger partial charge in [-0.3, -0.25) is 4.79 Å². The Balaban J connectivity index is 1.67. The Labute approximate surface area is 199 Å². The van der Waals surface area contributed by atoms with E-state index >= 15 is 0 Å². The number of para-hydroxylation sites is 1. The SMILES string of the molecule is O=C(C1CCNCC1)N(CCOc1ccccc1)[C@@H](c1ccc(Cl)cc1)c1cccc(F)c1. The van der Waals surface area contributed by atoms with Crippen LogP contribution in [0.25, 0.3) is 0 Å². The van der Waals surface area contributed by atoms with Gasteiger partial charge in [-0.05, 0) is 73.5 Å². The van der Waals surface area contributed by atoms with Crippen molar-refractivity contribution in [1.82, 2.24) is 10.2 Å². The molecule has 172 valence electrons. The fourth-order valence-electron chi connectivity index (χ4n) is 4.32. The van der Waals surface area contributed by atoms with Crippen molar-refractivity contribution in [3.8, 4) is 5.75 Å². The largest absolute Gasteiger partial charge is 0.492 e. The number of ether oxygens (including phenoxy) is 1. The van der Waals surface area contributed by atoms with Crippen LogP contribution in [0, 0.1) is 11.7 Å². The predicted molar refractivity (Wildman–Crippen MR) is 129 cm³/mol. The van der Waals surface area contributed by atoms with Gasteiger partial charge in [0.15, 0.2) is 0 Å². The molecule has 0 unspecified atom stereocenters. The fraction of sp³-hybridized carbons (Fsp3) is 0.296. The van der Waals surface area contributed by atoms with Crippen molar-refractivity contribution in [1.29, 1.82) is 0 Å². The maximum Gasteiger partial charge on any atom is 0.226 e. The Bertz CT molecular complexity index is 1040. The number of halogens is 2. The maximum absolute atomic E-state index is 14.2. The van der Waals surface area contributed by atoms with Crippen LogP contribution in [-0.2, 0) is 4.79 Å². The summed E-state index contributed by atoms with van der Waals surface area (Å²) in [7, 11) is 0. The monoisotopic (exact) mass is 466 g/mol. The third-order valence-electron chi connectivity index (χ3n) is 5.98. The first-order chi connectivity index (χ1) is 16.1. The molecule has 1 saturated heterocycles. The van der Waals surface area contributed by atoms with Crippen molar-refractivity contribution in [2.45, 2.75) is 18.9 Å². The van der Waals surface area contributed by atoms with E-state index in [9.17, 15) is 9.18 Å². The van der Waals surface area contributed by atoms with Crippen LogP contribution in [0.2, 0.25) is 5.02 Å². The van der Waals surface area contributed by atoms with Crippen molar-refractivity contribution < 1.29 is 13.9 Å². The second-order valence-electron chi connectivity index (χ2n) is 8.23. The average Bonchev–Trinajstić information content (AvgIpc) is 2.85. The molecule has 0 aliphatic carbocycles. The van der Waals surface area contributed by atoms with Crippen LogP contribution in [0.15, 0.2) is 78.9 Å². The predicted octanol–water partition coefficient (Wildman–Crippen LogP) is 5.48. The molecule has 3 aromatic rings. The number of carbonyl (C=O) groups is 1. The first-order valence-corrected chi connectivity index (χ1v) is 11.7. The molecule has 6 heteroatoms. The highest BCUT2D eigenvalue weighted by molar-refractivity contribution is 6.30. The van der Waals surface area contributed by atoms with Crippen LogP contribution < -0.4 is 10.1 Å². The summed E-state index contributed by atoms with van der Waals surface area (Å²) in [5.41, 5.74) is 1.60. The molecule has 4 rings (SSSR count). The summed E-state index contributed by atoms with van der Waals surface area (Å²) in [5.74, 6) is 0.408. The quantitative estimate of drug-likeness (QED) is 0.478. The number of benzene rings is 3. The number of rotatable bonds is 8. The van der Waals surface area contributed by atoms with Crippen molar-refractivity contribution in [2.24, 2.45) is 5.92 Å². The summed E-state index contributed by atoms with van der Waals surface area (Å²) in [6.07, 6.45) is 1.57. The van der Waals surface area contributed by atoms with Crippen molar-refractivity contribution in [3.63, 3.8) is 0 Å². The Hall–Kier alpha value is -2.89. The molecule has 1 fully saturated rings. The molecule has 1 N–H and O–H groups in total. The summed E-state index contributed by atoms with van der Waals surface area (Å²) < 4.78 is 20.2. The van der Waals surface area contributed by atoms with E-state index in [0.29, 0.717) is 18.2 Å². The summed E-state index contributed by atoms with van der Waals surface area (Å²) in [5, 5.41) is 3.93. The van der Waals surface area contributed by atoms with E-state index < -0.39 is 6.04 Å². The zero-order chi connectivity index (χ0) is 23.0. The second-order valence-corrected chi connectivity index (χ2v) is 8.66. The topological polar surface area (TPSA) is 41.6 Å². The van der Waals surface area contributed by atoms with Crippen LogP contribution in [0.3, 0.4) is 0 Å². The highest BCUT2D eigenvalue weighted by Gasteiger charge is 2.32. The van der Waals surface area contributed by atoms with Crippen LogP contribution in [0.5, 0.6) is 5.75 Å². The van der Waals surface area contributed by atoms with Crippen LogP contribution >= 0.6 is 11.6 Å². The molecule has 0 bridgehead atoms. The van der Waals surface area contributed by atoms with Gasteiger partial charge in [0.05, 0.1) is 12.6 Å². The number of hydrogen-bond donors (Lipinski definition) is 1. The number of piperidine rings is 1. The number of carbonyl (C=O) groups excluding carboxylic acids is 1. The molecule has 0 aromatic heterocycles. The number of amides is 1. The van der Waals surface area contributed by atoms with Crippen molar-refractivity contribution >= 4 is 17.5 Å². The Kier molecular flexibility index (Phi) is 7.97. The van der Waals surface area contributed by atoms with Gasteiger partial charge >= 0.3 is 0 Å². The van der Waals surface area contributed by atoms with Crippen molar-refractivity contribution in [3.05, 3.63) is 101 Å². The lowest BCUT2D eigenvalue weighted by Crippen LogP contribution is -2.44. The first-order valence-electron chi connectivity index (χ1n) is 11.3. The van der Waals surface area contributed by atoms with E-state index in [4.69, 9.17) is 16.3 Å². The van der Waals surface area contributed by atoms with Gasteiger partial charge in [-0.2, -0.15) is 0 Å². The van der Waals surface area contributed by atoms with Gasteiger partial charge in [0, 0.05) is 10.9 Å². The molecular formula is C27H28ClFN2O2. The lowest BCUT2D eigenvalue weighted by atomic mass is 9.92. The third-order valence-corrected chi connectivity index (χ3v) is 6.23. The Morgan fingerprint density at radius 3 is 2.42 bits per heavy atom. The average molecular weight is 467 g/mol. The first kappa shape index (κ1) is 23.3. The fourth-order valence-corrected chi connectivity index (χ4v) is 4.45. The van der Waals surface area contributed by atoms with Gasteiger partial charge < -0.3 is 15.0 Å². The zero-order valence-electron chi connectivity index (χ0n) is 18.4. The van der Waals surface area contributed by atoms with E-state index in [0.717, 1.165) is 42.8 Å². The molecule has 4 nitrogen and oxygen atoms in total. The van der Waals surface area contributed by atoms with Crippen molar-refractivity contribution in [2.75, 3.05) is 26.2 Å². The number of nitrogens with zero attached hydrogens (tertiary/aromatic N) is 1. The van der Waals surface area contributed by atoms with Crippen LogP contribution in [0.1, 0.15) is 30.0 Å². The molecule has 0 saturated carbocycles. The Morgan fingerprint density at radius 2 is 1.73 bits per heavy atom. The van der Waals surface area contributed by atoms with Crippen LogP contribution in [0.4, 0.5) is 4.39 Å². The van der Waals surface area contributed by atoms with Gasteiger partial charge in [0.2, 0.25) is 5.91 Å². The van der Waals surface area contributed by atoms with Gasteiger partial charge in [-0.25, -0.2) is 4.39 Å². The molecule has 1 aliphatic rings. The maximum atomic E-state index is 14.2. The summed E-state index contributed by atoms with van der Waals surface area (Å²) >= 11 is 6.14. The summed E-state index contributed by atoms with van der Waals surface area (Å²) in [4.78, 5) is 15.6. The lowest BCUT2D eigenvalue weighted by molar-refractivity contribution is -0.138. The Morgan fingerprint density at radius 1 is 1.00 bits per heavy atom. The molecule has 3 aromatic carbocycles. The normalized spacial score (nSPS) is 15.1. The second kappa shape index (κ2) is 11.3. The van der Waals surface area contributed by atoms with E-state index in [2.05, 4.69) is 5.32 Å². The molecular weight excluding hydrogens is 439 g/mol. The molecule has 33 heavy (non-hydrogen) atoms. The lowest BCUT2D eigenvalue weighted by Gasteiger charge is -2.36.